The van der Waals surface area contributed by atoms with Crippen LogP contribution in [0.2, 0.25) is 0 Å². The molecule has 10 heavy (non-hydrogen) atoms. The van der Waals surface area contributed by atoms with Gasteiger partial charge in [0, 0.05) is 0 Å². The Labute approximate surface area is 64.0 Å². The Morgan fingerprint density at radius 1 is 0.900 bits per heavy atom. The van der Waals surface area contributed by atoms with Crippen LogP contribution in [0.15, 0.2) is 0 Å². The molecule has 0 heterocycles. The highest BCUT2D eigenvalue weighted by Crippen LogP contribution is 2.43. The van der Waals surface area contributed by atoms with Crippen molar-refractivity contribution < 1.29 is 0 Å². The summed E-state index contributed by atoms with van der Waals surface area (Å²) in [6, 6.07) is 0. The van der Waals surface area contributed by atoms with Crippen LogP contribution in [-0.2, 0) is 0 Å². The summed E-state index contributed by atoms with van der Waals surface area (Å²) < 4.78 is 0. The fourth-order valence-electron chi connectivity index (χ4n) is 2.59. The van der Waals surface area contributed by atoms with Crippen molar-refractivity contribution in [3.63, 3.8) is 0 Å². The Morgan fingerprint density at radius 3 is 2.10 bits per heavy atom. The van der Waals surface area contributed by atoms with Gasteiger partial charge in [0.2, 0.25) is 0 Å². The van der Waals surface area contributed by atoms with Crippen LogP contribution < -0.4 is 0 Å². The zero-order valence-corrected chi connectivity index (χ0v) is 6.97. The lowest BCUT2D eigenvalue weighted by Gasteiger charge is -2.31. The summed E-state index contributed by atoms with van der Waals surface area (Å²) >= 11 is 0. The highest BCUT2D eigenvalue weighted by atomic mass is 14.4. The van der Waals surface area contributed by atoms with E-state index in [9.17, 15) is 0 Å². The minimum Gasteiger partial charge on any atom is -0.0625 e. The molecule has 2 aliphatic rings. The predicted octanol–water partition coefficient (Wildman–Crippen LogP) is 3.22. The Kier molecular flexibility index (Phi) is 1.71. The van der Waals surface area contributed by atoms with Crippen LogP contribution >= 0.6 is 0 Å². The lowest BCUT2D eigenvalue weighted by atomic mass is 9.75. The van der Waals surface area contributed by atoms with E-state index in [4.69, 9.17) is 0 Å². The van der Waals surface area contributed by atoms with Crippen molar-refractivity contribution in [3.8, 4) is 0 Å². The van der Waals surface area contributed by atoms with E-state index in [1.807, 2.05) is 0 Å². The molecule has 0 aromatic carbocycles. The lowest BCUT2D eigenvalue weighted by Crippen LogP contribution is -2.19. The van der Waals surface area contributed by atoms with Crippen molar-refractivity contribution >= 4 is 0 Å². The van der Waals surface area contributed by atoms with E-state index in [1.54, 1.807) is 25.7 Å². The maximum absolute atomic E-state index is 2.42. The fourth-order valence-corrected chi connectivity index (χ4v) is 2.59. The molecule has 0 aromatic heterocycles. The molecule has 2 unspecified atom stereocenters. The van der Waals surface area contributed by atoms with Crippen LogP contribution in [0.1, 0.15) is 45.4 Å². The Morgan fingerprint density at radius 2 is 1.70 bits per heavy atom. The molecular weight excluding hydrogens is 120 g/mol. The maximum atomic E-state index is 2.42. The molecule has 2 saturated carbocycles. The molecule has 58 valence electrons. The zero-order chi connectivity index (χ0) is 6.97. The Bertz CT molecular complexity index is 113. The van der Waals surface area contributed by atoms with Crippen molar-refractivity contribution in [3.05, 3.63) is 0 Å². The molecule has 0 aliphatic heterocycles. The highest BCUT2D eigenvalue weighted by molar-refractivity contribution is 4.83. The molecule has 0 aromatic rings. The van der Waals surface area contributed by atoms with Crippen LogP contribution in [0.3, 0.4) is 0 Å². The quantitative estimate of drug-likeness (QED) is 0.522. The first kappa shape index (κ1) is 6.69. The van der Waals surface area contributed by atoms with E-state index in [-0.39, 0.29) is 0 Å². The molecule has 0 radical (unpaired) electrons. The second-order valence-electron chi connectivity index (χ2n) is 4.37. The first-order valence-electron chi connectivity index (χ1n) is 4.86. The molecule has 0 heteroatoms. The van der Waals surface area contributed by atoms with Gasteiger partial charge in [0.05, 0.1) is 0 Å². The van der Waals surface area contributed by atoms with Crippen molar-refractivity contribution in [1.29, 1.82) is 0 Å². The Balaban J connectivity index is 1.82. The second kappa shape index (κ2) is 2.56. The average Bonchev–Trinajstić information content (AvgIpc) is 2.10. The Hall–Kier alpha value is 0. The summed E-state index contributed by atoms with van der Waals surface area (Å²) in [5.74, 6) is 3.35. The maximum Gasteiger partial charge on any atom is -0.0383 e. The van der Waals surface area contributed by atoms with E-state index < -0.39 is 0 Å². The van der Waals surface area contributed by atoms with Crippen LogP contribution in [0.4, 0.5) is 0 Å². The molecule has 2 atom stereocenters. The van der Waals surface area contributed by atoms with Gasteiger partial charge in [-0.3, -0.25) is 0 Å². The largest absolute Gasteiger partial charge is 0.0625 e. The van der Waals surface area contributed by atoms with Gasteiger partial charge >= 0.3 is 0 Å². The van der Waals surface area contributed by atoms with Crippen LogP contribution in [0.5, 0.6) is 0 Å². The summed E-state index contributed by atoms with van der Waals surface area (Å²) in [5, 5.41) is 0. The molecule has 0 nitrogen and oxygen atoms in total. The summed E-state index contributed by atoms with van der Waals surface area (Å²) in [6.45, 7) is 2.42. The minimum absolute atomic E-state index is 1.05. The molecule has 2 aliphatic carbocycles. The van der Waals surface area contributed by atoms with Crippen LogP contribution in [0, 0.1) is 17.8 Å². The van der Waals surface area contributed by atoms with Gasteiger partial charge < -0.3 is 0 Å². The summed E-state index contributed by atoms with van der Waals surface area (Å²) in [4.78, 5) is 0. The molecule has 0 amide bonds. The molecule has 0 N–H and O–H groups in total. The van der Waals surface area contributed by atoms with Crippen molar-refractivity contribution in [2.24, 2.45) is 17.8 Å². The normalized spacial score (nSPS) is 41.7. The number of rotatable bonds is 1. The van der Waals surface area contributed by atoms with Crippen LogP contribution in [0.25, 0.3) is 0 Å². The average molecular weight is 138 g/mol. The number of hydrogen-bond donors (Lipinski definition) is 0. The lowest BCUT2D eigenvalue weighted by molar-refractivity contribution is 0.206. The van der Waals surface area contributed by atoms with Gasteiger partial charge in [-0.1, -0.05) is 32.6 Å². The summed E-state index contributed by atoms with van der Waals surface area (Å²) in [5.41, 5.74) is 0. The SMILES string of the molecule is CC1CCC(C2CCC2)C1. The highest BCUT2D eigenvalue weighted by Gasteiger charge is 2.31. The van der Waals surface area contributed by atoms with Crippen molar-refractivity contribution in [2.45, 2.75) is 45.4 Å². The molecule has 0 bridgehead atoms. The first-order valence-corrected chi connectivity index (χ1v) is 4.86. The van der Waals surface area contributed by atoms with E-state index in [2.05, 4.69) is 6.92 Å². The standard InChI is InChI=1S/C10H18/c1-8-5-6-10(7-8)9-3-2-4-9/h8-10H,2-7H2,1H3. The third-order valence-corrected chi connectivity index (χ3v) is 3.55. The van der Waals surface area contributed by atoms with Crippen LogP contribution in [-0.4, -0.2) is 0 Å². The third-order valence-electron chi connectivity index (χ3n) is 3.55. The van der Waals surface area contributed by atoms with Gasteiger partial charge in [0.25, 0.3) is 0 Å². The van der Waals surface area contributed by atoms with Gasteiger partial charge in [-0.2, -0.15) is 0 Å². The summed E-state index contributed by atoms with van der Waals surface area (Å²) in [6.07, 6.45) is 9.24. The molecular formula is C10H18. The molecule has 0 spiro atoms. The van der Waals surface area contributed by atoms with E-state index in [0.29, 0.717) is 0 Å². The molecule has 2 fully saturated rings. The van der Waals surface area contributed by atoms with Gasteiger partial charge in [-0.25, -0.2) is 0 Å². The van der Waals surface area contributed by atoms with Gasteiger partial charge in [0.1, 0.15) is 0 Å². The molecule has 2 rings (SSSR count). The number of hydrogen-bond acceptors (Lipinski definition) is 0. The van der Waals surface area contributed by atoms with E-state index in [0.717, 1.165) is 17.8 Å². The minimum atomic E-state index is 1.05. The van der Waals surface area contributed by atoms with Gasteiger partial charge in [0.15, 0.2) is 0 Å². The predicted molar refractivity (Wildman–Crippen MR) is 43.8 cm³/mol. The van der Waals surface area contributed by atoms with E-state index in [1.165, 1.54) is 12.8 Å². The van der Waals surface area contributed by atoms with Crippen molar-refractivity contribution in [2.75, 3.05) is 0 Å². The second-order valence-corrected chi connectivity index (χ2v) is 4.37. The molecule has 0 saturated heterocycles. The zero-order valence-electron chi connectivity index (χ0n) is 6.97. The van der Waals surface area contributed by atoms with Crippen molar-refractivity contribution in [1.82, 2.24) is 0 Å². The fraction of sp³-hybridized carbons (Fsp3) is 1.00. The van der Waals surface area contributed by atoms with Gasteiger partial charge in [-0.15, -0.1) is 0 Å². The topological polar surface area (TPSA) is 0 Å². The third kappa shape index (κ3) is 1.09. The monoisotopic (exact) mass is 138 g/mol. The van der Waals surface area contributed by atoms with E-state index >= 15 is 0 Å². The first-order chi connectivity index (χ1) is 4.86. The smallest absolute Gasteiger partial charge is 0.0383 e. The van der Waals surface area contributed by atoms with Gasteiger partial charge in [-0.05, 0) is 30.6 Å². The summed E-state index contributed by atoms with van der Waals surface area (Å²) in [7, 11) is 0.